The van der Waals surface area contributed by atoms with Crippen LogP contribution in [0.25, 0.3) is 0 Å². The maximum atomic E-state index is 4.49. The van der Waals surface area contributed by atoms with Gasteiger partial charge in [-0.15, -0.1) is 24.0 Å². The van der Waals surface area contributed by atoms with Crippen molar-refractivity contribution < 1.29 is 0 Å². The number of aliphatic imine (C=N–C) groups is 1. The second-order valence-corrected chi connectivity index (χ2v) is 6.64. The fourth-order valence-corrected chi connectivity index (χ4v) is 3.50. The minimum atomic E-state index is 0. The zero-order valence-corrected chi connectivity index (χ0v) is 17.9. The Morgan fingerprint density at radius 3 is 2.40 bits per heavy atom. The molecule has 0 unspecified atom stereocenters. The molecule has 6 heteroatoms. The van der Waals surface area contributed by atoms with Crippen LogP contribution in [0, 0.1) is 0 Å². The van der Waals surface area contributed by atoms with Crippen LogP contribution in [0.4, 0.5) is 5.69 Å². The standard InChI is InChI=1S/C19H31N5.HI/c1-3-22(18-9-10-18)12-11-21-19(20-2)24-15-13-23(14-16-24)17-7-5-4-6-8-17;/h4-8,18H,3,9-16H2,1-2H3,(H,20,21);1H. The number of likely N-dealkylation sites (N-methyl/N-ethyl adjacent to an activating group) is 1. The van der Waals surface area contributed by atoms with Gasteiger partial charge in [0.2, 0.25) is 0 Å². The summed E-state index contributed by atoms with van der Waals surface area (Å²) in [5, 5.41) is 3.56. The Balaban J connectivity index is 0.00000225. The Hall–Kier alpha value is -1.02. The molecule has 1 aliphatic carbocycles. The Morgan fingerprint density at radius 2 is 1.84 bits per heavy atom. The zero-order valence-electron chi connectivity index (χ0n) is 15.5. The van der Waals surface area contributed by atoms with Crippen LogP contribution in [0.5, 0.6) is 0 Å². The van der Waals surface area contributed by atoms with Crippen molar-refractivity contribution in [2.24, 2.45) is 4.99 Å². The van der Waals surface area contributed by atoms with Gasteiger partial charge in [0, 0.05) is 58.0 Å². The first-order chi connectivity index (χ1) is 11.8. The number of hydrogen-bond acceptors (Lipinski definition) is 3. The van der Waals surface area contributed by atoms with Gasteiger partial charge in [0.1, 0.15) is 0 Å². The molecule has 25 heavy (non-hydrogen) atoms. The molecule has 2 aliphatic rings. The lowest BCUT2D eigenvalue weighted by atomic mass is 10.2. The second-order valence-electron chi connectivity index (χ2n) is 6.64. The molecule has 0 atom stereocenters. The fourth-order valence-electron chi connectivity index (χ4n) is 3.50. The molecule has 5 nitrogen and oxygen atoms in total. The smallest absolute Gasteiger partial charge is 0.193 e. The molecule has 1 aromatic rings. The first-order valence-corrected chi connectivity index (χ1v) is 9.31. The minimum Gasteiger partial charge on any atom is -0.368 e. The maximum absolute atomic E-state index is 4.49. The minimum absolute atomic E-state index is 0. The van der Waals surface area contributed by atoms with Crippen LogP contribution < -0.4 is 10.2 Å². The van der Waals surface area contributed by atoms with E-state index in [1.165, 1.54) is 18.5 Å². The summed E-state index contributed by atoms with van der Waals surface area (Å²) in [5.41, 5.74) is 1.32. The third kappa shape index (κ3) is 5.74. The highest BCUT2D eigenvalue weighted by molar-refractivity contribution is 14.0. The monoisotopic (exact) mass is 457 g/mol. The number of nitrogens with one attached hydrogen (secondary N) is 1. The normalized spacial score (nSPS) is 18.3. The molecule has 1 heterocycles. The van der Waals surface area contributed by atoms with E-state index < -0.39 is 0 Å². The van der Waals surface area contributed by atoms with Gasteiger partial charge in [0.05, 0.1) is 0 Å². The van der Waals surface area contributed by atoms with Crippen molar-refractivity contribution in [2.45, 2.75) is 25.8 Å². The molecule has 1 aromatic carbocycles. The second kappa shape index (κ2) is 10.2. The van der Waals surface area contributed by atoms with E-state index in [4.69, 9.17) is 0 Å². The highest BCUT2D eigenvalue weighted by Gasteiger charge is 2.27. The van der Waals surface area contributed by atoms with Gasteiger partial charge in [-0.25, -0.2) is 0 Å². The lowest BCUT2D eigenvalue weighted by Crippen LogP contribution is -2.53. The van der Waals surface area contributed by atoms with Crippen molar-refractivity contribution in [3.05, 3.63) is 30.3 Å². The molecule has 0 amide bonds. The number of benzene rings is 1. The van der Waals surface area contributed by atoms with Gasteiger partial charge in [-0.2, -0.15) is 0 Å². The quantitative estimate of drug-likeness (QED) is 0.405. The van der Waals surface area contributed by atoms with E-state index in [0.717, 1.165) is 57.8 Å². The van der Waals surface area contributed by atoms with Crippen molar-refractivity contribution in [1.82, 2.24) is 15.1 Å². The van der Waals surface area contributed by atoms with E-state index in [2.05, 4.69) is 62.3 Å². The highest BCUT2D eigenvalue weighted by atomic mass is 127. The molecule has 1 N–H and O–H groups in total. The lowest BCUT2D eigenvalue weighted by molar-refractivity contribution is 0.279. The Kier molecular flexibility index (Phi) is 8.29. The van der Waals surface area contributed by atoms with Crippen molar-refractivity contribution >= 4 is 35.6 Å². The van der Waals surface area contributed by atoms with Crippen LogP contribution >= 0.6 is 24.0 Å². The van der Waals surface area contributed by atoms with Gasteiger partial charge >= 0.3 is 0 Å². The van der Waals surface area contributed by atoms with Gasteiger partial charge in [-0.3, -0.25) is 9.89 Å². The van der Waals surface area contributed by atoms with Crippen LogP contribution in [0.1, 0.15) is 19.8 Å². The van der Waals surface area contributed by atoms with E-state index in [0.29, 0.717) is 0 Å². The number of anilines is 1. The van der Waals surface area contributed by atoms with Crippen molar-refractivity contribution in [3.8, 4) is 0 Å². The first-order valence-electron chi connectivity index (χ1n) is 9.31. The summed E-state index contributed by atoms with van der Waals surface area (Å²) < 4.78 is 0. The average molecular weight is 457 g/mol. The number of guanidine groups is 1. The number of para-hydroxylation sites is 1. The van der Waals surface area contributed by atoms with Crippen LogP contribution in [-0.2, 0) is 0 Å². The summed E-state index contributed by atoms with van der Waals surface area (Å²) >= 11 is 0. The molecular weight excluding hydrogens is 425 g/mol. The van der Waals surface area contributed by atoms with Crippen molar-refractivity contribution in [2.75, 3.05) is 57.8 Å². The largest absolute Gasteiger partial charge is 0.368 e. The fraction of sp³-hybridized carbons (Fsp3) is 0.632. The number of nitrogens with zero attached hydrogens (tertiary/aromatic N) is 4. The lowest BCUT2D eigenvalue weighted by Gasteiger charge is -2.37. The molecule has 3 rings (SSSR count). The molecule has 0 aromatic heterocycles. The van der Waals surface area contributed by atoms with Gasteiger partial charge in [0.25, 0.3) is 0 Å². The van der Waals surface area contributed by atoms with Crippen molar-refractivity contribution in [1.29, 1.82) is 0 Å². The van der Waals surface area contributed by atoms with E-state index in [9.17, 15) is 0 Å². The molecule has 0 bridgehead atoms. The van der Waals surface area contributed by atoms with Gasteiger partial charge in [0.15, 0.2) is 5.96 Å². The summed E-state index contributed by atoms with van der Waals surface area (Å²) in [6.45, 7) is 9.65. The molecular formula is C19H32IN5. The molecule has 0 radical (unpaired) electrons. The number of rotatable bonds is 6. The summed E-state index contributed by atoms with van der Waals surface area (Å²) in [7, 11) is 1.89. The van der Waals surface area contributed by atoms with Gasteiger partial charge in [-0.1, -0.05) is 25.1 Å². The van der Waals surface area contributed by atoms with E-state index in [1.807, 2.05) is 7.05 Å². The molecule has 0 spiro atoms. The van der Waals surface area contributed by atoms with E-state index in [-0.39, 0.29) is 24.0 Å². The number of hydrogen-bond donors (Lipinski definition) is 1. The average Bonchev–Trinajstić information content (AvgIpc) is 3.48. The van der Waals surface area contributed by atoms with E-state index >= 15 is 0 Å². The topological polar surface area (TPSA) is 34.1 Å². The maximum Gasteiger partial charge on any atom is 0.193 e. The summed E-state index contributed by atoms with van der Waals surface area (Å²) in [6, 6.07) is 11.5. The summed E-state index contributed by atoms with van der Waals surface area (Å²) in [5.74, 6) is 1.05. The Morgan fingerprint density at radius 1 is 1.16 bits per heavy atom. The van der Waals surface area contributed by atoms with Gasteiger partial charge < -0.3 is 15.1 Å². The number of halogens is 1. The first kappa shape index (κ1) is 20.3. The molecule has 1 saturated heterocycles. The highest BCUT2D eigenvalue weighted by Crippen LogP contribution is 2.25. The van der Waals surface area contributed by atoms with Crippen LogP contribution in [0.3, 0.4) is 0 Å². The Labute approximate surface area is 169 Å². The third-order valence-electron chi connectivity index (χ3n) is 5.06. The van der Waals surface area contributed by atoms with Crippen LogP contribution in [-0.4, -0.2) is 74.7 Å². The Bertz CT molecular complexity index is 524. The molecule has 2 fully saturated rings. The SMILES string of the molecule is CCN(CCNC(=NC)N1CCN(c2ccccc2)CC1)C1CC1.I. The molecule has 1 aliphatic heterocycles. The van der Waals surface area contributed by atoms with Crippen molar-refractivity contribution in [3.63, 3.8) is 0 Å². The zero-order chi connectivity index (χ0) is 16.8. The molecule has 140 valence electrons. The van der Waals surface area contributed by atoms with Crippen LogP contribution in [0.15, 0.2) is 35.3 Å². The summed E-state index contributed by atoms with van der Waals surface area (Å²) in [4.78, 5) is 11.9. The summed E-state index contributed by atoms with van der Waals surface area (Å²) in [6.07, 6.45) is 2.76. The third-order valence-corrected chi connectivity index (χ3v) is 5.06. The van der Waals surface area contributed by atoms with Crippen LogP contribution in [0.2, 0.25) is 0 Å². The van der Waals surface area contributed by atoms with Gasteiger partial charge in [-0.05, 0) is 31.5 Å². The predicted molar refractivity (Wildman–Crippen MR) is 117 cm³/mol. The predicted octanol–water partition coefficient (Wildman–Crippen LogP) is 2.49. The molecule has 1 saturated carbocycles. The number of piperazine rings is 1. The van der Waals surface area contributed by atoms with E-state index in [1.54, 1.807) is 0 Å².